The third kappa shape index (κ3) is 7.80. The predicted octanol–water partition coefficient (Wildman–Crippen LogP) is 4.73. The Balaban J connectivity index is 1.40. The summed E-state index contributed by atoms with van der Waals surface area (Å²) in [6.07, 6.45) is -3.03. The molecule has 2 saturated heterocycles. The topological polar surface area (TPSA) is 64.8 Å². The van der Waals surface area contributed by atoms with E-state index in [0.717, 1.165) is 31.5 Å². The lowest BCUT2D eigenvalue weighted by atomic mass is 10.0. The molecule has 0 unspecified atom stereocenters. The number of piperidine rings is 1. The van der Waals surface area contributed by atoms with E-state index in [-0.39, 0.29) is 18.2 Å². The normalized spacial score (nSPS) is 19.7. The summed E-state index contributed by atoms with van der Waals surface area (Å²) in [4.78, 5) is 18.9. The molecule has 2 aromatic carbocycles. The van der Waals surface area contributed by atoms with E-state index in [1.165, 1.54) is 12.1 Å². The van der Waals surface area contributed by atoms with Gasteiger partial charge in [-0.2, -0.15) is 13.2 Å². The molecule has 11 heteroatoms. The summed E-state index contributed by atoms with van der Waals surface area (Å²) in [5, 5.41) is 3.25. The molecule has 6 nitrogen and oxygen atoms in total. The van der Waals surface area contributed by atoms with Gasteiger partial charge in [0.15, 0.2) is 0 Å². The van der Waals surface area contributed by atoms with Crippen molar-refractivity contribution in [1.29, 1.82) is 0 Å². The van der Waals surface area contributed by atoms with Crippen LogP contribution in [0.1, 0.15) is 35.2 Å². The molecule has 0 radical (unpaired) electrons. The van der Waals surface area contributed by atoms with E-state index in [9.17, 15) is 22.4 Å². The predicted molar refractivity (Wildman–Crippen MR) is 138 cm³/mol. The van der Waals surface area contributed by atoms with Gasteiger partial charge in [-0.25, -0.2) is 4.39 Å². The standard InChI is InChI=1S/C26H32ClF4N5O/c27-19-4-6-23(24(15-19)36-12-10-34(11-13-36)9-7-26(29,30)31)33-25(37)21-5-3-18(14-22(21)28)16-35-8-1-2-20(32)17-35/h3-6,14-15,20H,1-2,7-13,16-17,32H2,(H,33,37)/t20-/m1/s1. The van der Waals surface area contributed by atoms with Crippen molar-refractivity contribution in [3.8, 4) is 0 Å². The van der Waals surface area contributed by atoms with Crippen molar-refractivity contribution < 1.29 is 22.4 Å². The summed E-state index contributed by atoms with van der Waals surface area (Å²) in [7, 11) is 0. The molecule has 0 aliphatic carbocycles. The second-order valence-electron chi connectivity index (χ2n) is 9.76. The zero-order valence-corrected chi connectivity index (χ0v) is 21.3. The highest BCUT2D eigenvalue weighted by atomic mass is 35.5. The molecule has 4 rings (SSSR count). The largest absolute Gasteiger partial charge is 0.390 e. The van der Waals surface area contributed by atoms with Crippen LogP contribution in [0.5, 0.6) is 0 Å². The number of rotatable bonds is 7. The van der Waals surface area contributed by atoms with E-state index < -0.39 is 24.3 Å². The molecule has 2 aromatic rings. The third-order valence-corrected chi connectivity index (χ3v) is 7.09. The van der Waals surface area contributed by atoms with Crippen LogP contribution in [0.15, 0.2) is 36.4 Å². The molecule has 0 aromatic heterocycles. The van der Waals surface area contributed by atoms with Gasteiger partial charge in [-0.05, 0) is 55.3 Å². The van der Waals surface area contributed by atoms with Gasteiger partial charge in [0.2, 0.25) is 0 Å². The Morgan fingerprint density at radius 2 is 1.81 bits per heavy atom. The first-order chi connectivity index (χ1) is 17.6. The SMILES string of the molecule is N[C@@H]1CCCN(Cc2ccc(C(=O)Nc3ccc(Cl)cc3N3CCN(CCC(F)(F)F)CC3)c(F)c2)C1. The number of halogens is 5. The molecule has 3 N–H and O–H groups in total. The molecule has 2 heterocycles. The summed E-state index contributed by atoms with van der Waals surface area (Å²) in [6.45, 7) is 4.06. The van der Waals surface area contributed by atoms with Crippen LogP contribution in [0.2, 0.25) is 5.02 Å². The van der Waals surface area contributed by atoms with E-state index in [4.69, 9.17) is 17.3 Å². The van der Waals surface area contributed by atoms with Crippen LogP contribution in [0.3, 0.4) is 0 Å². The molecule has 0 bridgehead atoms. The first kappa shape index (κ1) is 27.6. The molecule has 2 aliphatic rings. The van der Waals surface area contributed by atoms with Gasteiger partial charge < -0.3 is 16.0 Å². The van der Waals surface area contributed by atoms with Crippen LogP contribution < -0.4 is 16.0 Å². The maximum absolute atomic E-state index is 14.9. The van der Waals surface area contributed by atoms with Crippen molar-refractivity contribution in [2.45, 2.75) is 38.0 Å². The Kier molecular flexibility index (Phi) is 8.94. The summed E-state index contributed by atoms with van der Waals surface area (Å²) in [5.74, 6) is -1.19. The molecular weight excluding hydrogens is 510 g/mol. The number of nitrogens with zero attached hydrogens (tertiary/aromatic N) is 3. The van der Waals surface area contributed by atoms with Crippen molar-refractivity contribution in [3.63, 3.8) is 0 Å². The number of carbonyl (C=O) groups excluding carboxylic acids is 1. The fourth-order valence-electron chi connectivity index (χ4n) is 4.89. The van der Waals surface area contributed by atoms with Gasteiger partial charge in [0, 0.05) is 56.9 Å². The average Bonchev–Trinajstić information content (AvgIpc) is 2.84. The Morgan fingerprint density at radius 1 is 1.05 bits per heavy atom. The number of carbonyl (C=O) groups is 1. The first-order valence-electron chi connectivity index (χ1n) is 12.5. The Bertz CT molecular complexity index is 1090. The van der Waals surface area contributed by atoms with E-state index in [1.54, 1.807) is 29.2 Å². The van der Waals surface area contributed by atoms with Crippen LogP contribution in [0, 0.1) is 5.82 Å². The van der Waals surface area contributed by atoms with Gasteiger partial charge in [0.1, 0.15) is 5.82 Å². The van der Waals surface area contributed by atoms with Gasteiger partial charge in [-0.15, -0.1) is 0 Å². The summed E-state index contributed by atoms with van der Waals surface area (Å²) < 4.78 is 52.6. The average molecular weight is 542 g/mol. The van der Waals surface area contributed by atoms with Gasteiger partial charge in [0.25, 0.3) is 5.91 Å². The highest BCUT2D eigenvalue weighted by Gasteiger charge is 2.29. The Labute approximate surface area is 219 Å². The Morgan fingerprint density at radius 3 is 2.49 bits per heavy atom. The molecule has 0 saturated carbocycles. The number of piperazine rings is 1. The smallest absolute Gasteiger partial charge is 0.367 e. The monoisotopic (exact) mass is 541 g/mol. The van der Waals surface area contributed by atoms with E-state index >= 15 is 0 Å². The first-order valence-corrected chi connectivity index (χ1v) is 12.9. The van der Waals surface area contributed by atoms with Crippen molar-refractivity contribution in [2.24, 2.45) is 5.73 Å². The van der Waals surface area contributed by atoms with Gasteiger partial charge >= 0.3 is 6.18 Å². The summed E-state index contributed by atoms with van der Waals surface area (Å²) >= 11 is 6.20. The molecule has 1 amide bonds. The number of hydrogen-bond donors (Lipinski definition) is 2. The van der Waals surface area contributed by atoms with E-state index in [2.05, 4.69) is 10.2 Å². The number of likely N-dealkylation sites (tertiary alicyclic amines) is 1. The molecule has 2 aliphatic heterocycles. The quantitative estimate of drug-likeness (QED) is 0.496. The van der Waals surface area contributed by atoms with E-state index in [1.807, 2.05) is 4.90 Å². The number of benzene rings is 2. The van der Waals surface area contributed by atoms with Crippen molar-refractivity contribution >= 4 is 28.9 Å². The molecule has 37 heavy (non-hydrogen) atoms. The number of hydrogen-bond acceptors (Lipinski definition) is 5. The minimum Gasteiger partial charge on any atom is -0.367 e. The molecule has 202 valence electrons. The number of amides is 1. The lowest BCUT2D eigenvalue weighted by Gasteiger charge is -2.37. The number of anilines is 2. The van der Waals surface area contributed by atoms with Crippen molar-refractivity contribution in [3.05, 3.63) is 58.4 Å². The fourth-order valence-corrected chi connectivity index (χ4v) is 5.06. The van der Waals surface area contributed by atoms with Gasteiger partial charge in [0.05, 0.1) is 23.4 Å². The Hall–Kier alpha value is -2.40. The van der Waals surface area contributed by atoms with Crippen LogP contribution in [-0.2, 0) is 6.54 Å². The van der Waals surface area contributed by atoms with Crippen LogP contribution in [0.4, 0.5) is 28.9 Å². The highest BCUT2D eigenvalue weighted by molar-refractivity contribution is 6.31. The van der Waals surface area contributed by atoms with Crippen LogP contribution in [0.25, 0.3) is 0 Å². The summed E-state index contributed by atoms with van der Waals surface area (Å²) in [5.41, 5.74) is 7.85. The number of alkyl halides is 3. The molecule has 0 spiro atoms. The lowest BCUT2D eigenvalue weighted by Crippen LogP contribution is -2.47. The number of nitrogens with two attached hydrogens (primary N) is 1. The second-order valence-corrected chi connectivity index (χ2v) is 10.2. The maximum atomic E-state index is 14.9. The zero-order chi connectivity index (χ0) is 26.6. The molecule has 2 fully saturated rings. The highest BCUT2D eigenvalue weighted by Crippen LogP contribution is 2.31. The molecule has 1 atom stereocenters. The lowest BCUT2D eigenvalue weighted by molar-refractivity contribution is -0.138. The van der Waals surface area contributed by atoms with Crippen molar-refractivity contribution in [2.75, 3.05) is 56.0 Å². The minimum absolute atomic E-state index is 0.0453. The third-order valence-electron chi connectivity index (χ3n) is 6.86. The second kappa shape index (κ2) is 12.0. The van der Waals surface area contributed by atoms with Crippen LogP contribution >= 0.6 is 11.6 Å². The van der Waals surface area contributed by atoms with Crippen LogP contribution in [-0.4, -0.2) is 73.7 Å². The van der Waals surface area contributed by atoms with Gasteiger partial charge in [-0.1, -0.05) is 17.7 Å². The van der Waals surface area contributed by atoms with E-state index in [0.29, 0.717) is 49.1 Å². The van der Waals surface area contributed by atoms with Crippen molar-refractivity contribution in [1.82, 2.24) is 9.80 Å². The van der Waals surface area contributed by atoms with Gasteiger partial charge in [-0.3, -0.25) is 14.6 Å². The zero-order valence-electron chi connectivity index (χ0n) is 20.5. The number of nitrogens with one attached hydrogen (secondary N) is 1. The maximum Gasteiger partial charge on any atom is 0.390 e. The minimum atomic E-state index is -4.18. The fraction of sp³-hybridized carbons (Fsp3) is 0.500. The molecular formula is C26H32ClF4N5O. The summed E-state index contributed by atoms with van der Waals surface area (Å²) in [6, 6.07) is 9.73.